The molecule has 0 spiro atoms. The monoisotopic (exact) mass is 529 g/mol. The van der Waals surface area contributed by atoms with Crippen LogP contribution in [0, 0.1) is 17.1 Å². The molecule has 7 nitrogen and oxygen atoms in total. The Bertz CT molecular complexity index is 1590. The first-order valence-electron chi connectivity index (χ1n) is 12.1. The van der Waals surface area contributed by atoms with E-state index in [9.17, 15) is 14.4 Å². The summed E-state index contributed by atoms with van der Waals surface area (Å²) in [6, 6.07) is 15.7. The molecule has 0 aliphatic carbocycles. The zero-order chi connectivity index (χ0) is 26.6. The number of ether oxygens (including phenoxy) is 1. The normalized spacial score (nSPS) is 13.4. The first-order valence-corrected chi connectivity index (χ1v) is 12.5. The molecule has 192 valence electrons. The van der Waals surface area contributed by atoms with E-state index in [-0.39, 0.29) is 11.1 Å². The fourth-order valence-corrected chi connectivity index (χ4v) is 4.87. The lowest BCUT2D eigenvalue weighted by molar-refractivity contribution is 0.240. The number of nitrogens with zero attached hydrogens (tertiary/aromatic N) is 4. The zero-order valence-electron chi connectivity index (χ0n) is 20.7. The van der Waals surface area contributed by atoms with Crippen LogP contribution in [-0.2, 0) is 19.5 Å². The zero-order valence-corrected chi connectivity index (χ0v) is 21.5. The fourth-order valence-electron chi connectivity index (χ4n) is 4.75. The summed E-state index contributed by atoms with van der Waals surface area (Å²) in [6.07, 6.45) is 6.17. The van der Waals surface area contributed by atoms with Gasteiger partial charge in [-0.1, -0.05) is 29.8 Å². The highest BCUT2D eigenvalue weighted by molar-refractivity contribution is 6.30. The number of hydrogen-bond acceptors (Lipinski definition) is 5. The Labute approximate surface area is 224 Å². The maximum Gasteiger partial charge on any atom is 0.326 e. The third-order valence-corrected chi connectivity index (χ3v) is 6.94. The maximum absolute atomic E-state index is 13.7. The molecule has 0 saturated heterocycles. The molecular weight excluding hydrogens is 505 g/mol. The predicted molar refractivity (Wildman–Crippen MR) is 145 cm³/mol. The second kappa shape index (κ2) is 11.1. The molecule has 0 bridgehead atoms. The van der Waals surface area contributed by atoms with Crippen molar-refractivity contribution in [1.82, 2.24) is 19.8 Å². The number of nitrogens with one attached hydrogen (secondary N) is 1. The number of carbonyl (C=O) groups is 1. The molecule has 1 N–H and O–H groups in total. The fraction of sp³-hybridized carbons (Fsp3) is 0.207. The summed E-state index contributed by atoms with van der Waals surface area (Å²) in [6.45, 7) is 2.36. The molecule has 2 aromatic carbocycles. The van der Waals surface area contributed by atoms with Gasteiger partial charge in [0.1, 0.15) is 5.82 Å². The molecule has 0 saturated carbocycles. The first-order chi connectivity index (χ1) is 18.5. The summed E-state index contributed by atoms with van der Waals surface area (Å²) < 4.78 is 20.7. The third-order valence-electron chi connectivity index (χ3n) is 6.63. The van der Waals surface area contributed by atoms with E-state index in [1.54, 1.807) is 42.1 Å². The largest absolute Gasteiger partial charge is 0.481 e. The quantitative estimate of drug-likeness (QED) is 0.354. The lowest BCUT2D eigenvalue weighted by Gasteiger charge is -2.27. The van der Waals surface area contributed by atoms with E-state index in [2.05, 4.69) is 21.3 Å². The molecule has 38 heavy (non-hydrogen) atoms. The van der Waals surface area contributed by atoms with Gasteiger partial charge >= 0.3 is 6.03 Å². The number of aromatic nitrogens is 2. The van der Waals surface area contributed by atoms with Gasteiger partial charge in [0.2, 0.25) is 5.88 Å². The minimum Gasteiger partial charge on any atom is -0.481 e. The van der Waals surface area contributed by atoms with Crippen molar-refractivity contribution in [2.45, 2.75) is 19.5 Å². The summed E-state index contributed by atoms with van der Waals surface area (Å²) in [7, 11) is 1.55. The average molecular weight is 530 g/mol. The van der Waals surface area contributed by atoms with Crippen LogP contribution in [-0.4, -0.2) is 40.7 Å². The maximum atomic E-state index is 13.7. The second-order valence-electron chi connectivity index (χ2n) is 9.03. The molecule has 0 atom stereocenters. The summed E-state index contributed by atoms with van der Waals surface area (Å²) in [5.74, 6) is 0.0406. The van der Waals surface area contributed by atoms with Gasteiger partial charge in [0, 0.05) is 55.9 Å². The van der Waals surface area contributed by atoms with E-state index in [0.717, 1.165) is 39.8 Å². The number of carbonyl (C=O) groups excluding carboxylic acids is 1. The van der Waals surface area contributed by atoms with Crippen LogP contribution in [0.3, 0.4) is 0 Å². The van der Waals surface area contributed by atoms with Crippen molar-refractivity contribution >= 4 is 34.6 Å². The number of rotatable bonds is 6. The number of methoxy groups -OCH3 is 1. The summed E-state index contributed by atoms with van der Waals surface area (Å²) in [4.78, 5) is 19.8. The van der Waals surface area contributed by atoms with Gasteiger partial charge in [0.15, 0.2) is 0 Å². The van der Waals surface area contributed by atoms with Gasteiger partial charge in [-0.05, 0) is 53.1 Å². The van der Waals surface area contributed by atoms with Gasteiger partial charge in [-0.15, -0.1) is 0 Å². The molecule has 0 unspecified atom stereocenters. The van der Waals surface area contributed by atoms with Crippen LogP contribution in [0.25, 0.3) is 17.0 Å². The molecular formula is C29H25ClFN5O2. The van der Waals surface area contributed by atoms with Crippen LogP contribution in [0.4, 0.5) is 9.18 Å². The minimum atomic E-state index is -0.445. The molecule has 1 aliphatic heterocycles. The Morgan fingerprint density at radius 3 is 2.92 bits per heavy atom. The van der Waals surface area contributed by atoms with E-state index in [0.29, 0.717) is 37.5 Å². The highest BCUT2D eigenvalue weighted by atomic mass is 35.5. The number of benzene rings is 2. The van der Waals surface area contributed by atoms with Gasteiger partial charge in [-0.3, -0.25) is 9.47 Å². The predicted octanol–water partition coefficient (Wildman–Crippen LogP) is 5.54. The van der Waals surface area contributed by atoms with Crippen molar-refractivity contribution in [3.63, 3.8) is 0 Å². The van der Waals surface area contributed by atoms with Crippen LogP contribution in [0.5, 0.6) is 5.88 Å². The van der Waals surface area contributed by atoms with E-state index in [4.69, 9.17) is 16.3 Å². The number of nitriles is 1. The molecule has 3 heterocycles. The summed E-state index contributed by atoms with van der Waals surface area (Å²) in [5.41, 5.74) is 4.91. The molecule has 1 aliphatic rings. The molecule has 0 radical (unpaired) electrons. The van der Waals surface area contributed by atoms with Gasteiger partial charge < -0.3 is 10.1 Å². The minimum absolute atomic E-state index is 0.100. The van der Waals surface area contributed by atoms with Crippen molar-refractivity contribution < 1.29 is 13.9 Å². The molecule has 2 aromatic heterocycles. The van der Waals surface area contributed by atoms with E-state index in [1.807, 2.05) is 30.4 Å². The van der Waals surface area contributed by atoms with Crippen LogP contribution in [0.2, 0.25) is 5.02 Å². The Morgan fingerprint density at radius 1 is 1.26 bits per heavy atom. The highest BCUT2D eigenvalue weighted by Gasteiger charge is 2.26. The summed E-state index contributed by atoms with van der Waals surface area (Å²) in [5, 5.41) is 13.5. The molecule has 9 heteroatoms. The molecule has 5 rings (SSSR count). The van der Waals surface area contributed by atoms with Crippen LogP contribution < -0.4 is 10.1 Å². The number of halogens is 2. The van der Waals surface area contributed by atoms with Crippen molar-refractivity contribution in [1.29, 1.82) is 5.26 Å². The van der Waals surface area contributed by atoms with Gasteiger partial charge in [-0.25, -0.2) is 14.2 Å². The molecule has 4 aromatic rings. The van der Waals surface area contributed by atoms with E-state index < -0.39 is 5.82 Å². The van der Waals surface area contributed by atoms with Gasteiger partial charge in [0.25, 0.3) is 0 Å². The van der Waals surface area contributed by atoms with E-state index in [1.165, 1.54) is 6.07 Å². The Kier molecular flexibility index (Phi) is 7.40. The van der Waals surface area contributed by atoms with Crippen molar-refractivity contribution in [2.75, 3.05) is 20.2 Å². The highest BCUT2D eigenvalue weighted by Crippen LogP contribution is 2.32. The van der Waals surface area contributed by atoms with Crippen molar-refractivity contribution in [3.8, 4) is 11.9 Å². The topological polar surface area (TPSA) is 83.2 Å². The van der Waals surface area contributed by atoms with Crippen LogP contribution >= 0.6 is 11.6 Å². The van der Waals surface area contributed by atoms with Gasteiger partial charge in [-0.2, -0.15) is 5.26 Å². The van der Waals surface area contributed by atoms with Crippen molar-refractivity contribution in [3.05, 3.63) is 99.6 Å². The lowest BCUT2D eigenvalue weighted by Crippen LogP contribution is -2.34. The van der Waals surface area contributed by atoms with Crippen LogP contribution in [0.15, 0.2) is 60.8 Å². The number of amides is 1. The first kappa shape index (κ1) is 25.5. The van der Waals surface area contributed by atoms with Crippen molar-refractivity contribution in [2.24, 2.45) is 0 Å². The summed E-state index contributed by atoms with van der Waals surface area (Å²) >= 11 is 5.78. The average Bonchev–Trinajstić information content (AvgIpc) is 3.26. The van der Waals surface area contributed by atoms with E-state index >= 15 is 0 Å². The SMILES string of the molecule is COc1cc(CNC(=O)n2c3c(c4cc(C#N)ccc42)CN(C/C=C/c2ccc(Cl)c(F)c2)CC3)ccn1. The molecule has 1 amide bonds. The second-order valence-corrected chi connectivity index (χ2v) is 9.44. The Hall–Kier alpha value is -4.19. The number of fused-ring (bicyclic) bond motifs is 3. The smallest absolute Gasteiger partial charge is 0.326 e. The third kappa shape index (κ3) is 5.25. The van der Waals surface area contributed by atoms with Crippen LogP contribution in [0.1, 0.15) is 27.9 Å². The standard InChI is InChI=1S/C29H25ClFN5O2/c1-38-28-15-21(8-10-33-28)17-34-29(37)36-26-7-5-20(16-32)13-22(26)23-18-35(12-9-27(23)36)11-2-3-19-4-6-24(30)25(31)14-19/h2-8,10,13-15H,9,11-12,17-18H2,1H3,(H,34,37)/b3-2+. The number of hydrogen-bond donors (Lipinski definition) is 1. The molecule has 0 fully saturated rings. The Morgan fingerprint density at radius 2 is 2.13 bits per heavy atom. The lowest BCUT2D eigenvalue weighted by atomic mass is 10.0. The van der Waals surface area contributed by atoms with Gasteiger partial charge in [0.05, 0.1) is 29.3 Å². The number of pyridine rings is 1. The Balaban J connectivity index is 1.38.